The third-order valence-electron chi connectivity index (χ3n) is 3.79. The Bertz CT molecular complexity index is 699. The number of hydrazine groups is 1. The van der Waals surface area contributed by atoms with Crippen molar-refractivity contribution >= 4 is 11.8 Å². The van der Waals surface area contributed by atoms with Gasteiger partial charge in [0.25, 0.3) is 5.91 Å². The lowest BCUT2D eigenvalue weighted by molar-refractivity contribution is -0.133. The minimum Gasteiger partial charge on any atom is -0.367 e. The van der Waals surface area contributed by atoms with Crippen LogP contribution in [-0.4, -0.2) is 24.6 Å². The first-order valence-corrected chi connectivity index (χ1v) is 7.95. The van der Waals surface area contributed by atoms with Crippen molar-refractivity contribution in [1.82, 2.24) is 10.9 Å². The number of nitrogens with one attached hydrogen (secondary N) is 2. The molecule has 0 aliphatic heterocycles. The van der Waals surface area contributed by atoms with Gasteiger partial charge in [-0.2, -0.15) is 13.2 Å². The van der Waals surface area contributed by atoms with Gasteiger partial charge in [0.1, 0.15) is 6.61 Å². The van der Waals surface area contributed by atoms with Gasteiger partial charge in [0.05, 0.1) is 18.1 Å². The Morgan fingerprint density at radius 3 is 2.46 bits per heavy atom. The molecule has 0 fully saturated rings. The molecule has 140 valence electrons. The van der Waals surface area contributed by atoms with E-state index in [1.165, 1.54) is 13.0 Å². The number of halogens is 3. The van der Waals surface area contributed by atoms with Crippen LogP contribution in [0, 0.1) is 11.8 Å². The molecule has 1 aromatic carbocycles. The maximum atomic E-state index is 12.6. The first kappa shape index (κ1) is 19.7. The summed E-state index contributed by atoms with van der Waals surface area (Å²) in [4.78, 5) is 23.7. The zero-order valence-corrected chi connectivity index (χ0v) is 14.0. The Labute approximate surface area is 148 Å². The summed E-state index contributed by atoms with van der Waals surface area (Å²) in [5, 5.41) is 0. The fourth-order valence-corrected chi connectivity index (χ4v) is 2.43. The average Bonchev–Trinajstić information content (AvgIpc) is 2.59. The molecule has 0 heterocycles. The number of hydrogen-bond donors (Lipinski definition) is 2. The van der Waals surface area contributed by atoms with Crippen molar-refractivity contribution in [2.45, 2.75) is 19.7 Å². The number of rotatable bonds is 5. The zero-order valence-electron chi connectivity index (χ0n) is 14.0. The van der Waals surface area contributed by atoms with Gasteiger partial charge in [-0.25, -0.2) is 0 Å². The smallest absolute Gasteiger partial charge is 0.367 e. The summed E-state index contributed by atoms with van der Waals surface area (Å²) in [5.41, 5.74) is 4.51. The molecule has 0 bridgehead atoms. The van der Waals surface area contributed by atoms with Crippen LogP contribution < -0.4 is 10.9 Å². The van der Waals surface area contributed by atoms with E-state index in [4.69, 9.17) is 4.74 Å². The van der Waals surface area contributed by atoms with Gasteiger partial charge in [-0.1, -0.05) is 55.5 Å². The number of alkyl halides is 3. The van der Waals surface area contributed by atoms with Gasteiger partial charge in [-0.05, 0) is 11.5 Å². The summed E-state index contributed by atoms with van der Waals surface area (Å²) in [6.45, 7) is 1.49. The third-order valence-corrected chi connectivity index (χ3v) is 3.79. The molecule has 0 saturated carbocycles. The van der Waals surface area contributed by atoms with Crippen molar-refractivity contribution in [3.8, 4) is 0 Å². The molecule has 0 spiro atoms. The molecule has 2 unspecified atom stereocenters. The van der Waals surface area contributed by atoms with E-state index in [9.17, 15) is 22.8 Å². The van der Waals surface area contributed by atoms with Crippen LogP contribution in [0.15, 0.2) is 54.1 Å². The summed E-state index contributed by atoms with van der Waals surface area (Å²) in [6, 6.07) is 9.24. The van der Waals surface area contributed by atoms with E-state index in [1.807, 2.05) is 30.3 Å². The van der Waals surface area contributed by atoms with Crippen LogP contribution >= 0.6 is 0 Å². The highest BCUT2D eigenvalue weighted by Crippen LogP contribution is 2.33. The lowest BCUT2D eigenvalue weighted by atomic mass is 9.86. The number of hydrogen-bond acceptors (Lipinski definition) is 3. The summed E-state index contributed by atoms with van der Waals surface area (Å²) < 4.78 is 43.2. The van der Waals surface area contributed by atoms with Crippen molar-refractivity contribution in [3.05, 3.63) is 59.7 Å². The monoisotopic (exact) mass is 368 g/mol. The predicted octanol–water partition coefficient (Wildman–Crippen LogP) is 2.66. The van der Waals surface area contributed by atoms with Crippen LogP contribution in [0.1, 0.15) is 12.5 Å². The lowest BCUT2D eigenvalue weighted by Crippen LogP contribution is -2.47. The second-order valence-corrected chi connectivity index (χ2v) is 5.88. The van der Waals surface area contributed by atoms with Gasteiger partial charge in [-0.3, -0.25) is 20.4 Å². The number of ether oxygens (including phenoxy) is 1. The standard InChI is InChI=1S/C18H19F3N2O3/c1-12-9-14(18(19,20)21)7-8-15(12)17(25)23-22-16(24)11-26-10-13-5-3-2-4-6-13/h2-9,12,15H,10-11H2,1H3,(H,22,24)(H,23,25). The van der Waals surface area contributed by atoms with Gasteiger partial charge in [-0.15, -0.1) is 0 Å². The van der Waals surface area contributed by atoms with E-state index in [2.05, 4.69) is 10.9 Å². The van der Waals surface area contributed by atoms with Crippen LogP contribution in [0.4, 0.5) is 13.2 Å². The Hall–Kier alpha value is -2.61. The number of allylic oxidation sites excluding steroid dienone is 3. The highest BCUT2D eigenvalue weighted by atomic mass is 19.4. The Morgan fingerprint density at radius 2 is 1.85 bits per heavy atom. The van der Waals surface area contributed by atoms with Crippen molar-refractivity contribution in [2.75, 3.05) is 6.61 Å². The van der Waals surface area contributed by atoms with Gasteiger partial charge in [0.15, 0.2) is 0 Å². The maximum Gasteiger partial charge on any atom is 0.416 e. The normalized spacial score (nSPS) is 19.6. The lowest BCUT2D eigenvalue weighted by Gasteiger charge is -2.23. The molecule has 0 radical (unpaired) electrons. The molecular weight excluding hydrogens is 349 g/mol. The van der Waals surface area contributed by atoms with Crippen LogP contribution in [0.3, 0.4) is 0 Å². The summed E-state index contributed by atoms with van der Waals surface area (Å²) in [6.07, 6.45) is -1.40. The van der Waals surface area contributed by atoms with E-state index in [0.717, 1.165) is 17.7 Å². The number of carbonyl (C=O) groups is 2. The van der Waals surface area contributed by atoms with Crippen molar-refractivity contribution < 1.29 is 27.5 Å². The highest BCUT2D eigenvalue weighted by molar-refractivity contribution is 5.85. The van der Waals surface area contributed by atoms with Gasteiger partial charge >= 0.3 is 6.18 Å². The Kier molecular flexibility index (Phi) is 6.57. The number of amides is 2. The minimum absolute atomic E-state index is 0.246. The topological polar surface area (TPSA) is 67.4 Å². The van der Waals surface area contributed by atoms with E-state index < -0.39 is 35.4 Å². The molecule has 1 aliphatic rings. The van der Waals surface area contributed by atoms with E-state index in [-0.39, 0.29) is 13.2 Å². The second-order valence-electron chi connectivity index (χ2n) is 5.88. The molecule has 5 nitrogen and oxygen atoms in total. The molecule has 26 heavy (non-hydrogen) atoms. The second kappa shape index (κ2) is 8.66. The quantitative estimate of drug-likeness (QED) is 0.786. The van der Waals surface area contributed by atoms with Crippen molar-refractivity contribution in [1.29, 1.82) is 0 Å². The largest absolute Gasteiger partial charge is 0.416 e. The molecule has 2 amide bonds. The van der Waals surface area contributed by atoms with E-state index >= 15 is 0 Å². The van der Waals surface area contributed by atoms with E-state index in [1.54, 1.807) is 0 Å². The fraction of sp³-hybridized carbons (Fsp3) is 0.333. The van der Waals surface area contributed by atoms with Gasteiger partial charge < -0.3 is 4.74 Å². The molecule has 2 rings (SSSR count). The predicted molar refractivity (Wildman–Crippen MR) is 88.3 cm³/mol. The van der Waals surface area contributed by atoms with Gasteiger partial charge in [0.2, 0.25) is 5.91 Å². The summed E-state index contributed by atoms with van der Waals surface area (Å²) >= 11 is 0. The van der Waals surface area contributed by atoms with Crippen LogP contribution in [0.25, 0.3) is 0 Å². The summed E-state index contributed by atoms with van der Waals surface area (Å²) in [5.74, 6) is -2.61. The van der Waals surface area contributed by atoms with Crippen LogP contribution in [0.2, 0.25) is 0 Å². The maximum absolute atomic E-state index is 12.6. The zero-order chi connectivity index (χ0) is 19.2. The summed E-state index contributed by atoms with van der Waals surface area (Å²) in [7, 11) is 0. The van der Waals surface area contributed by atoms with Crippen LogP contribution in [0.5, 0.6) is 0 Å². The number of benzene rings is 1. The SMILES string of the molecule is CC1C=C(C(F)(F)F)C=CC1C(=O)NNC(=O)COCc1ccccc1. The van der Waals surface area contributed by atoms with Crippen molar-refractivity contribution in [2.24, 2.45) is 11.8 Å². The third kappa shape index (κ3) is 5.73. The molecular formula is C18H19F3N2O3. The first-order chi connectivity index (χ1) is 12.3. The van der Waals surface area contributed by atoms with Crippen LogP contribution in [-0.2, 0) is 20.9 Å². The first-order valence-electron chi connectivity index (χ1n) is 7.95. The average molecular weight is 368 g/mol. The fourth-order valence-electron chi connectivity index (χ4n) is 2.43. The molecule has 0 saturated heterocycles. The van der Waals surface area contributed by atoms with Gasteiger partial charge in [0, 0.05) is 0 Å². The molecule has 8 heteroatoms. The number of carbonyl (C=O) groups excluding carboxylic acids is 2. The highest BCUT2D eigenvalue weighted by Gasteiger charge is 2.36. The molecule has 2 N–H and O–H groups in total. The Morgan fingerprint density at radius 1 is 1.15 bits per heavy atom. The molecule has 0 aromatic heterocycles. The molecule has 1 aromatic rings. The molecule has 1 aliphatic carbocycles. The van der Waals surface area contributed by atoms with Crippen molar-refractivity contribution in [3.63, 3.8) is 0 Å². The Balaban J connectivity index is 1.74. The molecule has 2 atom stereocenters. The van der Waals surface area contributed by atoms with E-state index in [0.29, 0.717) is 0 Å². The minimum atomic E-state index is -4.45.